The molecule has 7 heavy (non-hydrogen) atoms. The second kappa shape index (κ2) is 1.46. The van der Waals surface area contributed by atoms with Crippen LogP contribution >= 0.6 is 0 Å². The molecule has 0 unspecified atom stereocenters. The molecule has 1 aliphatic rings. The third kappa shape index (κ3) is 0.691. The third-order valence-corrected chi connectivity index (χ3v) is 1.06. The van der Waals surface area contributed by atoms with Crippen LogP contribution in [0, 0.1) is 10.1 Å². The smallest absolute Gasteiger partial charge is 0.237 e. The van der Waals surface area contributed by atoms with Crippen LogP contribution in [0.4, 0.5) is 0 Å². The number of rotatable bonds is 1. The van der Waals surface area contributed by atoms with Crippen molar-refractivity contribution in [3.05, 3.63) is 10.1 Å². The fourth-order valence-electron chi connectivity index (χ4n) is 0.423. The molecule has 1 aliphatic heterocycles. The lowest BCUT2D eigenvalue weighted by Crippen LogP contribution is -2.51. The first kappa shape index (κ1) is 4.52. The number of nitrogens with zero attached hydrogens (tertiary/aromatic N) is 1. The van der Waals surface area contributed by atoms with Crippen molar-refractivity contribution in [2.75, 3.05) is 13.1 Å². The molecule has 1 fully saturated rings. The standard InChI is InChI=1S/C3H6N2O2/c6-5(7)3-1-4-2-3/h3-4H,1-2H2. The Morgan fingerprint density at radius 3 is 2.29 bits per heavy atom. The Hall–Kier alpha value is -0.640. The zero-order chi connectivity index (χ0) is 5.28. The maximum Gasteiger partial charge on any atom is 0.237 e. The summed E-state index contributed by atoms with van der Waals surface area (Å²) in [6.45, 7) is 1.10. The van der Waals surface area contributed by atoms with Gasteiger partial charge in [0, 0.05) is 4.92 Å². The maximum atomic E-state index is 9.75. The second-order valence-electron chi connectivity index (χ2n) is 1.60. The van der Waals surface area contributed by atoms with Crippen LogP contribution in [0.25, 0.3) is 0 Å². The number of hydrogen-bond acceptors (Lipinski definition) is 3. The summed E-state index contributed by atoms with van der Waals surface area (Å²) in [5, 5.41) is 12.5. The van der Waals surface area contributed by atoms with E-state index < -0.39 is 0 Å². The van der Waals surface area contributed by atoms with Gasteiger partial charge in [-0.3, -0.25) is 10.1 Å². The molecule has 1 rings (SSSR count). The molecule has 0 aromatic rings. The summed E-state index contributed by atoms with van der Waals surface area (Å²) in [6, 6.07) is -0.306. The topological polar surface area (TPSA) is 55.2 Å². The normalized spacial score (nSPS) is 21.1. The van der Waals surface area contributed by atoms with E-state index in [9.17, 15) is 10.1 Å². The van der Waals surface area contributed by atoms with E-state index in [0.717, 1.165) is 0 Å². The molecule has 40 valence electrons. The monoisotopic (exact) mass is 102 g/mol. The first-order chi connectivity index (χ1) is 3.30. The highest BCUT2D eigenvalue weighted by Crippen LogP contribution is 1.93. The molecule has 1 N–H and O–H groups in total. The van der Waals surface area contributed by atoms with Crippen molar-refractivity contribution in [1.82, 2.24) is 5.32 Å². The van der Waals surface area contributed by atoms with Gasteiger partial charge in [0.1, 0.15) is 0 Å². The average Bonchev–Trinajstić information content (AvgIpc) is 1.23. The zero-order valence-electron chi connectivity index (χ0n) is 3.76. The minimum Gasteiger partial charge on any atom is -0.304 e. The molecular formula is C3H6N2O2. The average molecular weight is 102 g/mol. The molecule has 0 atom stereocenters. The Bertz CT molecular complexity index is 88.9. The van der Waals surface area contributed by atoms with Crippen molar-refractivity contribution >= 4 is 0 Å². The lowest BCUT2D eigenvalue weighted by atomic mass is 10.2. The van der Waals surface area contributed by atoms with E-state index in [2.05, 4.69) is 5.32 Å². The van der Waals surface area contributed by atoms with Gasteiger partial charge in [-0.05, 0) is 0 Å². The Morgan fingerprint density at radius 1 is 1.71 bits per heavy atom. The lowest BCUT2D eigenvalue weighted by Gasteiger charge is -2.17. The minimum atomic E-state index is -0.306. The maximum absolute atomic E-state index is 9.75. The molecule has 0 bridgehead atoms. The predicted octanol–water partition coefficient (Wildman–Crippen LogP) is -0.765. The van der Waals surface area contributed by atoms with E-state index in [4.69, 9.17) is 0 Å². The Kier molecular flexibility index (Phi) is 0.941. The minimum absolute atomic E-state index is 0.253. The highest BCUT2D eigenvalue weighted by molar-refractivity contribution is 4.72. The molecular weight excluding hydrogens is 96.0 g/mol. The molecule has 0 aromatic heterocycles. The van der Waals surface area contributed by atoms with E-state index >= 15 is 0 Å². The van der Waals surface area contributed by atoms with Gasteiger partial charge in [-0.15, -0.1) is 0 Å². The van der Waals surface area contributed by atoms with Gasteiger partial charge in [-0.2, -0.15) is 0 Å². The Balaban J connectivity index is 2.27. The van der Waals surface area contributed by atoms with Gasteiger partial charge < -0.3 is 5.32 Å². The van der Waals surface area contributed by atoms with Crippen molar-refractivity contribution < 1.29 is 4.92 Å². The number of hydrogen-bond donors (Lipinski definition) is 1. The lowest BCUT2D eigenvalue weighted by molar-refractivity contribution is -0.528. The number of nitro groups is 1. The van der Waals surface area contributed by atoms with Crippen molar-refractivity contribution in [2.45, 2.75) is 6.04 Å². The molecule has 0 aliphatic carbocycles. The quantitative estimate of drug-likeness (QED) is 0.349. The van der Waals surface area contributed by atoms with E-state index in [1.807, 2.05) is 0 Å². The van der Waals surface area contributed by atoms with Gasteiger partial charge in [0.2, 0.25) is 6.04 Å². The van der Waals surface area contributed by atoms with Crippen molar-refractivity contribution in [2.24, 2.45) is 0 Å². The molecule has 1 heterocycles. The van der Waals surface area contributed by atoms with Gasteiger partial charge >= 0.3 is 0 Å². The Labute approximate surface area is 40.7 Å². The number of nitrogens with one attached hydrogen (secondary N) is 1. The summed E-state index contributed by atoms with van der Waals surface area (Å²) in [4.78, 5) is 9.49. The first-order valence-corrected chi connectivity index (χ1v) is 2.15. The Morgan fingerprint density at radius 2 is 2.29 bits per heavy atom. The van der Waals surface area contributed by atoms with E-state index in [1.165, 1.54) is 0 Å². The fraction of sp³-hybridized carbons (Fsp3) is 1.00. The largest absolute Gasteiger partial charge is 0.304 e. The molecule has 1 saturated heterocycles. The SMILES string of the molecule is O=[N+]([O-])C1CNC1. The zero-order valence-corrected chi connectivity index (χ0v) is 3.76. The highest BCUT2D eigenvalue weighted by Gasteiger charge is 2.26. The molecule has 4 nitrogen and oxygen atoms in total. The van der Waals surface area contributed by atoms with Crippen LogP contribution in [-0.4, -0.2) is 24.1 Å². The fourth-order valence-corrected chi connectivity index (χ4v) is 0.423. The van der Waals surface area contributed by atoms with Gasteiger partial charge in [0.05, 0.1) is 13.1 Å². The summed E-state index contributed by atoms with van der Waals surface area (Å²) >= 11 is 0. The van der Waals surface area contributed by atoms with Crippen LogP contribution in [0.1, 0.15) is 0 Å². The van der Waals surface area contributed by atoms with Gasteiger partial charge in [0.15, 0.2) is 0 Å². The molecule has 0 saturated carbocycles. The van der Waals surface area contributed by atoms with Crippen LogP contribution in [0.3, 0.4) is 0 Å². The van der Waals surface area contributed by atoms with Crippen molar-refractivity contribution in [3.8, 4) is 0 Å². The summed E-state index contributed by atoms with van der Waals surface area (Å²) in [5.41, 5.74) is 0. The van der Waals surface area contributed by atoms with Gasteiger partial charge in [0.25, 0.3) is 0 Å². The summed E-state index contributed by atoms with van der Waals surface area (Å²) in [6.07, 6.45) is 0. The molecule has 0 spiro atoms. The summed E-state index contributed by atoms with van der Waals surface area (Å²) < 4.78 is 0. The molecule has 0 amide bonds. The van der Waals surface area contributed by atoms with E-state index in [1.54, 1.807) is 0 Å². The van der Waals surface area contributed by atoms with Crippen LogP contribution in [-0.2, 0) is 0 Å². The van der Waals surface area contributed by atoms with E-state index in [-0.39, 0.29) is 11.0 Å². The molecule has 4 heteroatoms. The van der Waals surface area contributed by atoms with E-state index in [0.29, 0.717) is 13.1 Å². The van der Waals surface area contributed by atoms with Gasteiger partial charge in [-0.25, -0.2) is 0 Å². The third-order valence-electron chi connectivity index (χ3n) is 1.06. The summed E-state index contributed by atoms with van der Waals surface area (Å²) in [7, 11) is 0. The van der Waals surface area contributed by atoms with Crippen LogP contribution in [0.2, 0.25) is 0 Å². The van der Waals surface area contributed by atoms with Crippen LogP contribution in [0.5, 0.6) is 0 Å². The van der Waals surface area contributed by atoms with Crippen molar-refractivity contribution in [1.29, 1.82) is 0 Å². The van der Waals surface area contributed by atoms with Gasteiger partial charge in [-0.1, -0.05) is 0 Å². The highest BCUT2D eigenvalue weighted by atomic mass is 16.6. The molecule has 0 aromatic carbocycles. The summed E-state index contributed by atoms with van der Waals surface area (Å²) in [5.74, 6) is 0. The van der Waals surface area contributed by atoms with Crippen molar-refractivity contribution in [3.63, 3.8) is 0 Å². The molecule has 0 radical (unpaired) electrons. The second-order valence-corrected chi connectivity index (χ2v) is 1.60. The predicted molar refractivity (Wildman–Crippen MR) is 23.7 cm³/mol. The van der Waals surface area contributed by atoms with Crippen LogP contribution < -0.4 is 5.32 Å². The first-order valence-electron chi connectivity index (χ1n) is 2.15. The van der Waals surface area contributed by atoms with Crippen LogP contribution in [0.15, 0.2) is 0 Å².